The number of amides is 3. The van der Waals surface area contributed by atoms with Crippen LogP contribution < -0.4 is 10.1 Å². The molecule has 0 aromatic carbocycles. The van der Waals surface area contributed by atoms with Gasteiger partial charge in [-0.1, -0.05) is 22.9 Å². The zero-order chi connectivity index (χ0) is 24.0. The minimum absolute atomic E-state index is 0.110. The van der Waals surface area contributed by atoms with Crippen LogP contribution in [0.25, 0.3) is 11.1 Å². The number of hydrogen-bond donors (Lipinski definition) is 2. The maximum Gasteiger partial charge on any atom is 0.320 e. The topological polar surface area (TPSA) is 121 Å². The van der Waals surface area contributed by atoms with E-state index in [1.807, 2.05) is 6.92 Å². The number of aryl methyl sites for hydroxylation is 1. The second-order valence-electron chi connectivity index (χ2n) is 8.12. The predicted octanol–water partition coefficient (Wildman–Crippen LogP) is 2.93. The lowest BCUT2D eigenvalue weighted by atomic mass is 10.0. The molecule has 0 spiro atoms. The Hall–Kier alpha value is -3.28. The van der Waals surface area contributed by atoms with Gasteiger partial charge in [-0.15, -0.1) is 0 Å². The number of aromatic nitrogens is 3. The summed E-state index contributed by atoms with van der Waals surface area (Å²) in [6.45, 7) is 3.35. The molecule has 1 saturated heterocycles. The number of rotatable bonds is 4. The van der Waals surface area contributed by atoms with Gasteiger partial charge in [-0.25, -0.2) is 14.8 Å². The van der Waals surface area contributed by atoms with Gasteiger partial charge in [-0.2, -0.15) is 0 Å². The number of nitrogens with one attached hydrogen (secondary N) is 1. The molecule has 3 aromatic rings. The van der Waals surface area contributed by atoms with Crippen LogP contribution in [0.5, 0.6) is 5.75 Å². The average molecular weight is 501 g/mol. The van der Waals surface area contributed by atoms with Crippen molar-refractivity contribution in [3.63, 3.8) is 0 Å². The van der Waals surface area contributed by atoms with E-state index in [1.54, 1.807) is 21.9 Å². The van der Waals surface area contributed by atoms with Gasteiger partial charge < -0.3 is 19.6 Å². The molecule has 2 aliphatic heterocycles. The lowest BCUT2D eigenvalue weighted by Crippen LogP contribution is -2.56. The van der Waals surface area contributed by atoms with Crippen molar-refractivity contribution in [3.8, 4) is 16.9 Å². The summed E-state index contributed by atoms with van der Waals surface area (Å²) in [5.74, 6) is 0.115. The number of likely N-dealkylation sites (tertiary alicyclic amines) is 1. The molecule has 0 aliphatic carbocycles. The fourth-order valence-electron chi connectivity index (χ4n) is 3.96. The van der Waals surface area contributed by atoms with Gasteiger partial charge in [-0.05, 0) is 19.1 Å². The fourth-order valence-corrected chi connectivity index (χ4v) is 5.10. The third-order valence-corrected chi connectivity index (χ3v) is 6.91. The fraction of sp³-hybridized carbons (Fsp3) is 0.318. The summed E-state index contributed by atoms with van der Waals surface area (Å²) >= 11 is 7.44. The summed E-state index contributed by atoms with van der Waals surface area (Å²) in [6, 6.07) is 3.33. The third-order valence-electron chi connectivity index (χ3n) is 5.71. The van der Waals surface area contributed by atoms with Crippen LogP contribution in [0.15, 0.2) is 24.5 Å². The summed E-state index contributed by atoms with van der Waals surface area (Å²) < 4.78 is 5.42. The number of β-amino-alcohol motifs (C(OH)–C–C–N with tert-alkyl or cyclic N) is 1. The van der Waals surface area contributed by atoms with Crippen molar-refractivity contribution in [2.75, 3.05) is 25.5 Å². The zero-order valence-electron chi connectivity index (χ0n) is 18.4. The molecule has 5 rings (SSSR count). The second kappa shape index (κ2) is 8.82. The van der Waals surface area contributed by atoms with Gasteiger partial charge in [-0.3, -0.25) is 15.1 Å². The number of thiazole rings is 1. The normalized spacial score (nSPS) is 15.2. The quantitative estimate of drug-likeness (QED) is 0.528. The minimum Gasteiger partial charge on any atom is -0.494 e. The van der Waals surface area contributed by atoms with Crippen molar-refractivity contribution in [3.05, 3.63) is 51.5 Å². The van der Waals surface area contributed by atoms with E-state index in [4.69, 9.17) is 16.3 Å². The molecule has 0 saturated carbocycles. The summed E-state index contributed by atoms with van der Waals surface area (Å²) in [5, 5.41) is 13.0. The van der Waals surface area contributed by atoms with Crippen LogP contribution >= 0.6 is 22.9 Å². The van der Waals surface area contributed by atoms with Crippen LogP contribution in [0.2, 0.25) is 5.15 Å². The number of aliphatic hydroxyl groups excluding tert-OH is 1. The first-order valence-electron chi connectivity index (χ1n) is 10.5. The number of urea groups is 1. The Kier molecular flexibility index (Phi) is 5.84. The number of pyridine rings is 2. The Labute approximate surface area is 204 Å². The molecule has 3 amide bonds. The van der Waals surface area contributed by atoms with E-state index in [9.17, 15) is 14.7 Å². The number of fused-ring (bicyclic) bond motifs is 1. The smallest absolute Gasteiger partial charge is 0.320 e. The number of aliphatic hydroxyl groups is 1. The van der Waals surface area contributed by atoms with Crippen molar-refractivity contribution in [2.24, 2.45) is 0 Å². The maximum atomic E-state index is 13.2. The molecule has 2 N–H and O–H groups in total. The van der Waals surface area contributed by atoms with Gasteiger partial charge in [0.15, 0.2) is 5.13 Å². The number of hydrogen-bond acceptors (Lipinski definition) is 8. The Morgan fingerprint density at radius 3 is 2.68 bits per heavy atom. The highest BCUT2D eigenvalue weighted by atomic mass is 35.5. The Balaban J connectivity index is 1.35. The molecule has 2 aliphatic rings. The highest BCUT2D eigenvalue weighted by molar-refractivity contribution is 7.16. The molecule has 12 heteroatoms. The van der Waals surface area contributed by atoms with Gasteiger partial charge in [0.2, 0.25) is 0 Å². The van der Waals surface area contributed by atoms with Crippen molar-refractivity contribution >= 4 is 40.0 Å². The zero-order valence-corrected chi connectivity index (χ0v) is 20.0. The van der Waals surface area contributed by atoms with E-state index < -0.39 is 6.10 Å². The number of halogens is 1. The first kappa shape index (κ1) is 22.5. The van der Waals surface area contributed by atoms with E-state index in [2.05, 4.69) is 20.3 Å². The molecule has 176 valence electrons. The van der Waals surface area contributed by atoms with Gasteiger partial charge >= 0.3 is 6.03 Å². The SMILES string of the molecule is COc1cnc(Cl)cc1-c1cc(C)ncc1C(=O)Nc1nc2c(s1)CN(C(=O)N1CC(O)C1)C2. The summed E-state index contributed by atoms with van der Waals surface area (Å²) in [4.78, 5) is 42.8. The third kappa shape index (κ3) is 4.17. The molecule has 34 heavy (non-hydrogen) atoms. The molecular formula is C22H21ClN6O4S. The predicted molar refractivity (Wildman–Crippen MR) is 126 cm³/mol. The molecule has 5 heterocycles. The van der Waals surface area contributed by atoms with Gasteiger partial charge in [0.05, 0.1) is 61.7 Å². The Bertz CT molecular complexity index is 1270. The summed E-state index contributed by atoms with van der Waals surface area (Å²) in [6.07, 6.45) is 2.58. The van der Waals surface area contributed by atoms with Crippen LogP contribution in [-0.4, -0.2) is 68.1 Å². The van der Waals surface area contributed by atoms with Crippen LogP contribution in [0.3, 0.4) is 0 Å². The van der Waals surface area contributed by atoms with Crippen molar-refractivity contribution in [2.45, 2.75) is 26.1 Å². The monoisotopic (exact) mass is 500 g/mol. The van der Waals surface area contributed by atoms with Gasteiger partial charge in [0, 0.05) is 23.0 Å². The van der Waals surface area contributed by atoms with Crippen LogP contribution in [-0.2, 0) is 13.1 Å². The number of carbonyl (C=O) groups excluding carboxylic acids is 2. The molecule has 3 aromatic heterocycles. The van der Waals surface area contributed by atoms with Crippen LogP contribution in [0.4, 0.5) is 9.93 Å². The molecule has 0 radical (unpaired) electrons. The number of ether oxygens (including phenoxy) is 1. The maximum absolute atomic E-state index is 13.2. The number of methoxy groups -OCH3 is 1. The lowest BCUT2D eigenvalue weighted by Gasteiger charge is -2.38. The molecule has 1 fully saturated rings. The first-order valence-corrected chi connectivity index (χ1v) is 11.7. The number of nitrogens with zero attached hydrogens (tertiary/aromatic N) is 5. The summed E-state index contributed by atoms with van der Waals surface area (Å²) in [5.41, 5.74) is 3.08. The lowest BCUT2D eigenvalue weighted by molar-refractivity contribution is 0.0146. The van der Waals surface area contributed by atoms with E-state index in [0.717, 1.165) is 16.3 Å². The van der Waals surface area contributed by atoms with Crippen molar-refractivity contribution in [1.82, 2.24) is 24.8 Å². The van der Waals surface area contributed by atoms with Crippen LogP contribution in [0.1, 0.15) is 26.6 Å². The van der Waals surface area contributed by atoms with Gasteiger partial charge in [0.25, 0.3) is 5.91 Å². The molecule has 0 unspecified atom stereocenters. The number of carbonyl (C=O) groups is 2. The molecule has 10 nitrogen and oxygen atoms in total. The summed E-state index contributed by atoms with van der Waals surface area (Å²) in [7, 11) is 1.53. The highest BCUT2D eigenvalue weighted by Crippen LogP contribution is 2.35. The minimum atomic E-state index is -0.440. The molecular weight excluding hydrogens is 480 g/mol. The Morgan fingerprint density at radius 1 is 1.18 bits per heavy atom. The van der Waals surface area contributed by atoms with Crippen molar-refractivity contribution < 1.29 is 19.4 Å². The van der Waals surface area contributed by atoms with Crippen LogP contribution in [0, 0.1) is 6.92 Å². The first-order chi connectivity index (χ1) is 16.3. The van der Waals surface area contributed by atoms with E-state index in [-0.39, 0.29) is 17.1 Å². The highest BCUT2D eigenvalue weighted by Gasteiger charge is 2.35. The standard InChI is InChI=1S/C22H21ClN6O4S/c1-11-3-13(14-4-19(23)25-6-17(14)33-2)15(5-24-11)20(31)27-21-26-16-9-29(10-18(16)34-21)22(32)28-7-12(30)8-28/h3-6,12,30H,7-10H2,1-2H3,(H,26,27,31). The number of anilines is 1. The van der Waals surface area contributed by atoms with E-state index in [0.29, 0.717) is 53.8 Å². The Morgan fingerprint density at radius 2 is 1.97 bits per heavy atom. The van der Waals surface area contributed by atoms with Gasteiger partial charge in [0.1, 0.15) is 10.9 Å². The second-order valence-corrected chi connectivity index (χ2v) is 9.59. The van der Waals surface area contributed by atoms with E-state index in [1.165, 1.54) is 30.8 Å². The average Bonchev–Trinajstić information content (AvgIpc) is 3.35. The van der Waals surface area contributed by atoms with Crippen molar-refractivity contribution in [1.29, 1.82) is 0 Å². The van der Waals surface area contributed by atoms with E-state index >= 15 is 0 Å². The molecule has 0 atom stereocenters. The largest absolute Gasteiger partial charge is 0.494 e. The molecule has 0 bridgehead atoms.